The molecule has 26 heavy (non-hydrogen) atoms. The van der Waals surface area contributed by atoms with E-state index < -0.39 is 0 Å². The molecule has 1 aliphatic rings. The van der Waals surface area contributed by atoms with Crippen LogP contribution in [-0.2, 0) is 0 Å². The van der Waals surface area contributed by atoms with Gasteiger partial charge in [0, 0.05) is 72.9 Å². The van der Waals surface area contributed by atoms with Gasteiger partial charge in [0.2, 0.25) is 6.04 Å². The Labute approximate surface area is 151 Å². The van der Waals surface area contributed by atoms with Gasteiger partial charge < -0.3 is 9.88 Å². The van der Waals surface area contributed by atoms with E-state index in [1.54, 1.807) is 19.1 Å². The summed E-state index contributed by atoms with van der Waals surface area (Å²) in [5, 5.41) is 2.69. The zero-order valence-electron chi connectivity index (χ0n) is 15.0. The predicted octanol–water partition coefficient (Wildman–Crippen LogP) is 2.24. The summed E-state index contributed by atoms with van der Waals surface area (Å²) in [7, 11) is 3.58. The lowest BCUT2D eigenvalue weighted by Crippen LogP contribution is -2.44. The highest BCUT2D eigenvalue weighted by molar-refractivity contribution is 6.02. The quantitative estimate of drug-likeness (QED) is 0.573. The molecule has 0 atom stereocenters. The summed E-state index contributed by atoms with van der Waals surface area (Å²) in [6, 6.07) is 2.08. The zero-order valence-corrected chi connectivity index (χ0v) is 15.0. The van der Waals surface area contributed by atoms with Crippen LogP contribution in [0.2, 0.25) is 0 Å². The fraction of sp³-hybridized carbons (Fsp3) is 0.389. The Morgan fingerprint density at radius 1 is 1.23 bits per heavy atom. The molecule has 0 bridgehead atoms. The van der Waals surface area contributed by atoms with E-state index in [1.807, 2.05) is 30.9 Å². The number of hydrogen-bond acceptors (Lipinski definition) is 5. The number of pyridine rings is 1. The molecular formula is C18H22N7O+. The maximum absolute atomic E-state index is 12.1. The second kappa shape index (κ2) is 6.70. The Kier molecular flexibility index (Phi) is 4.24. The fourth-order valence-corrected chi connectivity index (χ4v) is 3.62. The van der Waals surface area contributed by atoms with Gasteiger partial charge in [-0.05, 0) is 6.07 Å². The molecule has 0 aliphatic carbocycles. The molecule has 1 saturated heterocycles. The molecule has 1 aliphatic heterocycles. The molecule has 134 valence electrons. The lowest BCUT2D eigenvalue weighted by atomic mass is 10.0. The van der Waals surface area contributed by atoms with Crippen LogP contribution >= 0.6 is 0 Å². The summed E-state index contributed by atoms with van der Waals surface area (Å²) in [5.74, 6) is 0. The molecule has 0 amide bonds. The number of H-pyrrole nitrogens is 1. The maximum atomic E-state index is 12.1. The third kappa shape index (κ3) is 2.87. The van der Waals surface area contributed by atoms with Crippen LogP contribution in [0.4, 0.5) is 5.69 Å². The number of aromatic amines is 1. The van der Waals surface area contributed by atoms with Crippen molar-refractivity contribution in [2.45, 2.75) is 18.9 Å². The highest BCUT2D eigenvalue weighted by atomic mass is 16.3. The first-order chi connectivity index (χ1) is 12.6. The van der Waals surface area contributed by atoms with Crippen LogP contribution < -0.4 is 4.90 Å². The number of nitrogens with zero attached hydrogens (tertiary/aromatic N) is 6. The highest BCUT2D eigenvalue weighted by Gasteiger charge is 2.33. The fourth-order valence-electron chi connectivity index (χ4n) is 3.62. The summed E-state index contributed by atoms with van der Waals surface area (Å²) in [4.78, 5) is 31.5. The Hall–Kier alpha value is -3.03. The Balaban J connectivity index is 1.66. The lowest BCUT2D eigenvalue weighted by Gasteiger charge is -2.31. The van der Waals surface area contributed by atoms with Crippen LogP contribution in [0.1, 0.15) is 12.8 Å². The third-order valence-electron chi connectivity index (χ3n) is 4.93. The van der Waals surface area contributed by atoms with Crippen molar-refractivity contribution in [3.63, 3.8) is 0 Å². The van der Waals surface area contributed by atoms with E-state index in [4.69, 9.17) is 0 Å². The Morgan fingerprint density at radius 3 is 2.65 bits per heavy atom. The number of hydrazine groups is 1. The summed E-state index contributed by atoms with van der Waals surface area (Å²) in [6.07, 6.45) is 10.6. The van der Waals surface area contributed by atoms with E-state index in [9.17, 15) is 4.91 Å². The number of piperidine rings is 1. The van der Waals surface area contributed by atoms with Crippen molar-refractivity contribution < 1.29 is 4.87 Å². The smallest absolute Gasteiger partial charge is 0.238 e. The molecule has 1 N–H and O–H groups in total. The topological polar surface area (TPSA) is 81.0 Å². The van der Waals surface area contributed by atoms with Crippen molar-refractivity contribution in [1.82, 2.24) is 24.9 Å². The van der Waals surface area contributed by atoms with Crippen molar-refractivity contribution in [2.24, 2.45) is 0 Å². The van der Waals surface area contributed by atoms with E-state index in [1.165, 1.54) is 6.33 Å². The van der Waals surface area contributed by atoms with Gasteiger partial charge in [-0.1, -0.05) is 0 Å². The number of anilines is 1. The summed E-state index contributed by atoms with van der Waals surface area (Å²) in [5.41, 5.74) is 3.99. The van der Waals surface area contributed by atoms with Crippen LogP contribution in [0.15, 0.2) is 37.2 Å². The Bertz CT molecular complexity index is 914. The van der Waals surface area contributed by atoms with E-state index >= 15 is 0 Å². The first-order valence-electron chi connectivity index (χ1n) is 8.75. The van der Waals surface area contributed by atoms with Gasteiger partial charge in [-0.3, -0.25) is 0 Å². The van der Waals surface area contributed by atoms with Gasteiger partial charge in [-0.25, -0.2) is 15.0 Å². The van der Waals surface area contributed by atoms with Crippen molar-refractivity contribution in [1.29, 1.82) is 0 Å². The molecule has 4 heterocycles. The van der Waals surface area contributed by atoms with Crippen molar-refractivity contribution >= 4 is 16.7 Å². The molecule has 0 radical (unpaired) electrons. The van der Waals surface area contributed by atoms with Crippen LogP contribution in [0.25, 0.3) is 22.2 Å². The number of nitrogens with one attached hydrogen (secondary N) is 1. The molecule has 3 aromatic heterocycles. The van der Waals surface area contributed by atoms with Gasteiger partial charge in [0.05, 0.1) is 19.0 Å². The predicted molar refractivity (Wildman–Crippen MR) is 99.7 cm³/mol. The average Bonchev–Trinajstić information content (AvgIpc) is 3.12. The minimum absolute atomic E-state index is 0.0341. The molecule has 0 aromatic carbocycles. The third-order valence-corrected chi connectivity index (χ3v) is 4.93. The van der Waals surface area contributed by atoms with Crippen molar-refractivity contribution in [3.8, 4) is 11.1 Å². The molecule has 0 saturated carbocycles. The molecule has 4 rings (SSSR count). The van der Waals surface area contributed by atoms with Crippen LogP contribution in [0.3, 0.4) is 0 Å². The minimum Gasteiger partial charge on any atom is -0.370 e. The van der Waals surface area contributed by atoms with Gasteiger partial charge in [-0.15, -0.1) is 5.01 Å². The lowest BCUT2D eigenvalue weighted by molar-refractivity contribution is -0.725. The zero-order chi connectivity index (χ0) is 18.1. The highest BCUT2D eigenvalue weighted by Crippen LogP contribution is 2.35. The Morgan fingerprint density at radius 2 is 1.96 bits per heavy atom. The number of fused-ring (bicyclic) bond motifs is 1. The van der Waals surface area contributed by atoms with Crippen molar-refractivity contribution in [3.05, 3.63) is 42.1 Å². The van der Waals surface area contributed by atoms with E-state index in [0.29, 0.717) is 0 Å². The van der Waals surface area contributed by atoms with Crippen LogP contribution in [0, 0.1) is 4.91 Å². The number of hydrogen-bond donors (Lipinski definition) is 1. The summed E-state index contributed by atoms with van der Waals surface area (Å²) >= 11 is 0. The molecule has 0 unspecified atom stereocenters. The molecular weight excluding hydrogens is 330 g/mol. The van der Waals surface area contributed by atoms with Gasteiger partial charge >= 0.3 is 0 Å². The largest absolute Gasteiger partial charge is 0.370 e. The first-order valence-corrected chi connectivity index (χ1v) is 8.75. The van der Waals surface area contributed by atoms with E-state index in [0.717, 1.165) is 58.6 Å². The van der Waals surface area contributed by atoms with Crippen molar-refractivity contribution in [2.75, 3.05) is 32.1 Å². The van der Waals surface area contributed by atoms with Gasteiger partial charge in [-0.2, -0.15) is 0 Å². The second-order valence-electron chi connectivity index (χ2n) is 6.75. The molecule has 0 spiro atoms. The number of nitroso groups, excluding NO2 is 1. The molecule has 3 aromatic rings. The maximum Gasteiger partial charge on any atom is 0.238 e. The van der Waals surface area contributed by atoms with Crippen LogP contribution in [-0.4, -0.2) is 63.0 Å². The normalized spacial score (nSPS) is 15.4. The molecule has 8 heteroatoms. The number of rotatable bonds is 4. The van der Waals surface area contributed by atoms with E-state index in [2.05, 4.69) is 24.8 Å². The second-order valence-corrected chi connectivity index (χ2v) is 6.75. The standard InChI is InChI=1S/C18H22N7O/c1-23(2)25(26)14-4-7-24(8-5-14)16-3-6-21-18-17(16)15(11-22-18)13-9-19-12-20-10-13/h3,6,9-12,14H,4-5,7-8H2,1-2H3,(H,21,22)/q+1. The van der Waals surface area contributed by atoms with E-state index in [-0.39, 0.29) is 6.04 Å². The number of aromatic nitrogens is 4. The minimum atomic E-state index is 0.0341. The average molecular weight is 352 g/mol. The summed E-state index contributed by atoms with van der Waals surface area (Å²) < 4.78 is 0. The molecule has 8 nitrogen and oxygen atoms in total. The first kappa shape index (κ1) is 16.4. The van der Waals surface area contributed by atoms with Gasteiger partial charge in [0.15, 0.2) is 0 Å². The SMILES string of the molecule is CN(C)[N+](=O)C1CCN(c2ccnc3[nH]cc(-c4cncnc4)c23)CC1. The van der Waals surface area contributed by atoms with Gasteiger partial charge in [0.1, 0.15) is 16.8 Å². The van der Waals surface area contributed by atoms with Gasteiger partial charge in [0.25, 0.3) is 0 Å². The monoisotopic (exact) mass is 352 g/mol. The molecule has 1 fully saturated rings. The summed E-state index contributed by atoms with van der Waals surface area (Å²) in [6.45, 7) is 1.68. The van der Waals surface area contributed by atoms with Crippen LogP contribution in [0.5, 0.6) is 0 Å².